The van der Waals surface area contributed by atoms with Crippen LogP contribution in [0.25, 0.3) is 0 Å². The Morgan fingerprint density at radius 3 is 2.64 bits per heavy atom. The van der Waals surface area contributed by atoms with Crippen LogP contribution in [-0.2, 0) is 6.42 Å². The fourth-order valence-corrected chi connectivity index (χ4v) is 1.21. The summed E-state index contributed by atoms with van der Waals surface area (Å²) in [6, 6.07) is 4.28. The highest BCUT2D eigenvalue weighted by Gasteiger charge is 2.06. The number of likely N-dealkylation sites (N-methyl/N-ethyl adjacent to an activating group) is 1. The van der Waals surface area contributed by atoms with Gasteiger partial charge in [-0.25, -0.2) is 0 Å². The number of rotatable bonds is 5. The van der Waals surface area contributed by atoms with Gasteiger partial charge < -0.3 is 10.0 Å². The van der Waals surface area contributed by atoms with E-state index >= 15 is 0 Å². The summed E-state index contributed by atoms with van der Waals surface area (Å²) < 4.78 is 0. The Morgan fingerprint density at radius 2 is 2.07 bits per heavy atom. The van der Waals surface area contributed by atoms with Crippen molar-refractivity contribution in [2.24, 2.45) is 0 Å². The van der Waals surface area contributed by atoms with Crippen LogP contribution in [0.15, 0.2) is 24.5 Å². The van der Waals surface area contributed by atoms with Gasteiger partial charge in [0.05, 0.1) is 6.61 Å². The van der Waals surface area contributed by atoms with E-state index in [0.29, 0.717) is 0 Å². The third-order valence-corrected chi connectivity index (χ3v) is 2.52. The summed E-state index contributed by atoms with van der Waals surface area (Å²) >= 11 is 0. The molecule has 0 amide bonds. The molecule has 1 aromatic rings. The van der Waals surface area contributed by atoms with E-state index in [1.165, 1.54) is 5.56 Å². The summed E-state index contributed by atoms with van der Waals surface area (Å²) in [6.45, 7) is 3.20. The highest BCUT2D eigenvalue weighted by molar-refractivity contribution is 5.09. The molecule has 0 saturated carbocycles. The van der Waals surface area contributed by atoms with Crippen LogP contribution in [0.1, 0.15) is 12.5 Å². The molecule has 0 aliphatic carbocycles. The maximum Gasteiger partial charge on any atom is 0.0584 e. The van der Waals surface area contributed by atoms with Crippen LogP contribution >= 0.6 is 0 Å². The Balaban J connectivity index is 2.34. The largest absolute Gasteiger partial charge is 0.395 e. The number of aliphatic hydroxyl groups excluding tert-OH is 1. The third-order valence-electron chi connectivity index (χ3n) is 2.52. The minimum absolute atomic E-state index is 0.215. The molecule has 1 rings (SSSR count). The number of nitrogens with zero attached hydrogens (tertiary/aromatic N) is 2. The van der Waals surface area contributed by atoms with Gasteiger partial charge in [-0.1, -0.05) is 0 Å². The topological polar surface area (TPSA) is 36.4 Å². The van der Waals surface area contributed by atoms with E-state index in [0.717, 1.165) is 13.0 Å². The Kier molecular flexibility index (Phi) is 4.56. The monoisotopic (exact) mass is 194 g/mol. The van der Waals surface area contributed by atoms with Crippen molar-refractivity contribution in [1.82, 2.24) is 9.88 Å². The predicted molar refractivity (Wildman–Crippen MR) is 57.1 cm³/mol. The van der Waals surface area contributed by atoms with E-state index in [1.54, 1.807) is 0 Å². The molecule has 0 radical (unpaired) electrons. The highest BCUT2D eigenvalue weighted by atomic mass is 16.3. The molecule has 1 aromatic heterocycles. The van der Waals surface area contributed by atoms with E-state index in [9.17, 15) is 0 Å². The standard InChI is InChI=1S/C11H18N2O/c1-10(9-14)13(2)8-5-11-3-6-12-7-4-11/h3-4,6-7,10,14H,5,8-9H2,1-2H3. The highest BCUT2D eigenvalue weighted by Crippen LogP contribution is 2.01. The molecule has 1 heterocycles. The first-order valence-electron chi connectivity index (χ1n) is 4.94. The Hall–Kier alpha value is -0.930. The molecule has 1 atom stereocenters. The van der Waals surface area contributed by atoms with Crippen molar-refractivity contribution in [3.8, 4) is 0 Å². The molecule has 0 aliphatic rings. The summed E-state index contributed by atoms with van der Waals surface area (Å²) in [5, 5.41) is 8.95. The van der Waals surface area contributed by atoms with Crippen LogP contribution in [0.2, 0.25) is 0 Å². The molecule has 3 heteroatoms. The average molecular weight is 194 g/mol. The lowest BCUT2D eigenvalue weighted by molar-refractivity contribution is 0.160. The van der Waals surface area contributed by atoms with Crippen LogP contribution < -0.4 is 0 Å². The lowest BCUT2D eigenvalue weighted by atomic mass is 10.2. The lowest BCUT2D eigenvalue weighted by Crippen LogP contribution is -2.33. The zero-order chi connectivity index (χ0) is 10.4. The third kappa shape index (κ3) is 3.44. The molecule has 0 aromatic carbocycles. The lowest BCUT2D eigenvalue weighted by Gasteiger charge is -2.22. The summed E-state index contributed by atoms with van der Waals surface area (Å²) in [7, 11) is 2.03. The molecule has 3 nitrogen and oxygen atoms in total. The molecule has 0 saturated heterocycles. The number of hydrogen-bond acceptors (Lipinski definition) is 3. The van der Waals surface area contributed by atoms with Crippen molar-refractivity contribution in [3.63, 3.8) is 0 Å². The normalized spacial score (nSPS) is 13.1. The summed E-state index contributed by atoms with van der Waals surface area (Å²) in [5.74, 6) is 0. The molecular formula is C11H18N2O. The number of hydrogen-bond donors (Lipinski definition) is 1. The maximum atomic E-state index is 8.95. The predicted octanol–water partition coefficient (Wildman–Crippen LogP) is 0.937. The first-order valence-corrected chi connectivity index (χ1v) is 4.94. The SMILES string of the molecule is CC(CO)N(C)CCc1ccncc1. The van der Waals surface area contributed by atoms with Crippen LogP contribution in [0.3, 0.4) is 0 Å². The van der Waals surface area contributed by atoms with Gasteiger partial charge in [0.25, 0.3) is 0 Å². The van der Waals surface area contributed by atoms with Gasteiger partial charge in [0.2, 0.25) is 0 Å². The smallest absolute Gasteiger partial charge is 0.0584 e. The van der Waals surface area contributed by atoms with Crippen molar-refractivity contribution < 1.29 is 5.11 Å². The fraction of sp³-hybridized carbons (Fsp3) is 0.545. The summed E-state index contributed by atoms with van der Waals surface area (Å²) in [5.41, 5.74) is 1.29. The molecule has 1 unspecified atom stereocenters. The van der Waals surface area contributed by atoms with E-state index < -0.39 is 0 Å². The van der Waals surface area contributed by atoms with Crippen LogP contribution in [0, 0.1) is 0 Å². The van der Waals surface area contributed by atoms with Gasteiger partial charge in [-0.3, -0.25) is 4.98 Å². The molecule has 1 N–H and O–H groups in total. The second-order valence-electron chi connectivity index (χ2n) is 3.62. The van der Waals surface area contributed by atoms with Gasteiger partial charge >= 0.3 is 0 Å². The van der Waals surface area contributed by atoms with Gasteiger partial charge in [-0.2, -0.15) is 0 Å². The Bertz CT molecular complexity index is 251. The minimum Gasteiger partial charge on any atom is -0.395 e. The van der Waals surface area contributed by atoms with Crippen LogP contribution in [0.4, 0.5) is 0 Å². The zero-order valence-corrected chi connectivity index (χ0v) is 8.85. The summed E-state index contributed by atoms with van der Waals surface area (Å²) in [4.78, 5) is 6.12. The molecule has 0 bridgehead atoms. The fourth-order valence-electron chi connectivity index (χ4n) is 1.21. The quantitative estimate of drug-likeness (QED) is 0.757. The van der Waals surface area contributed by atoms with Crippen LogP contribution in [0.5, 0.6) is 0 Å². The van der Waals surface area contributed by atoms with E-state index in [-0.39, 0.29) is 12.6 Å². The van der Waals surface area contributed by atoms with Gasteiger partial charge in [-0.05, 0) is 38.1 Å². The van der Waals surface area contributed by atoms with E-state index in [1.807, 2.05) is 38.5 Å². The second-order valence-corrected chi connectivity index (χ2v) is 3.62. The van der Waals surface area contributed by atoms with Crippen molar-refractivity contribution in [2.75, 3.05) is 20.2 Å². The van der Waals surface area contributed by atoms with Crippen molar-refractivity contribution in [1.29, 1.82) is 0 Å². The Labute approximate surface area is 85.4 Å². The maximum absolute atomic E-state index is 8.95. The second kappa shape index (κ2) is 5.73. The Morgan fingerprint density at radius 1 is 1.43 bits per heavy atom. The van der Waals surface area contributed by atoms with Gasteiger partial charge in [0, 0.05) is 25.0 Å². The molecule has 0 spiro atoms. The summed E-state index contributed by atoms with van der Waals surface area (Å²) in [6.07, 6.45) is 4.62. The molecule has 0 aliphatic heterocycles. The van der Waals surface area contributed by atoms with Crippen molar-refractivity contribution >= 4 is 0 Å². The molecule has 14 heavy (non-hydrogen) atoms. The molecule has 78 valence electrons. The number of pyridine rings is 1. The minimum atomic E-state index is 0.215. The van der Waals surface area contributed by atoms with E-state index in [4.69, 9.17) is 5.11 Å². The average Bonchev–Trinajstić information content (AvgIpc) is 2.26. The van der Waals surface area contributed by atoms with Gasteiger partial charge in [-0.15, -0.1) is 0 Å². The number of aromatic nitrogens is 1. The van der Waals surface area contributed by atoms with Gasteiger partial charge in [0.1, 0.15) is 0 Å². The van der Waals surface area contributed by atoms with Gasteiger partial charge in [0.15, 0.2) is 0 Å². The first-order chi connectivity index (χ1) is 6.74. The molecular weight excluding hydrogens is 176 g/mol. The first kappa shape index (κ1) is 11.1. The zero-order valence-electron chi connectivity index (χ0n) is 8.85. The number of aliphatic hydroxyl groups is 1. The van der Waals surface area contributed by atoms with Crippen LogP contribution in [-0.4, -0.2) is 41.2 Å². The van der Waals surface area contributed by atoms with Crippen molar-refractivity contribution in [3.05, 3.63) is 30.1 Å². The molecule has 0 fully saturated rings. The van der Waals surface area contributed by atoms with E-state index in [2.05, 4.69) is 9.88 Å². The van der Waals surface area contributed by atoms with Crippen molar-refractivity contribution in [2.45, 2.75) is 19.4 Å².